The van der Waals surface area contributed by atoms with Crippen molar-refractivity contribution in [2.45, 2.75) is 19.3 Å². The first kappa shape index (κ1) is 18.1. The molecule has 0 saturated heterocycles. The highest BCUT2D eigenvalue weighted by Gasteiger charge is 2.29. The van der Waals surface area contributed by atoms with Crippen molar-refractivity contribution >= 4 is 5.78 Å². The van der Waals surface area contributed by atoms with Crippen LogP contribution in [-0.2, 0) is 12.8 Å². The molecule has 26 heavy (non-hydrogen) atoms. The molecule has 0 bridgehead atoms. The molecule has 5 heteroatoms. The first-order chi connectivity index (χ1) is 12.6. The fraction of sp³-hybridized carbons (Fsp3) is 0.381. The van der Waals surface area contributed by atoms with Crippen molar-refractivity contribution in [3.05, 3.63) is 47.0 Å². The van der Waals surface area contributed by atoms with Crippen molar-refractivity contribution < 1.29 is 23.7 Å². The molecule has 1 unspecified atom stereocenters. The summed E-state index contributed by atoms with van der Waals surface area (Å²) >= 11 is 0. The SMILES string of the molecule is COc1ccc2c(c1)CCC(C(=O)c1ccc(OC)c(OC)c1OC)C2. The molecule has 0 radical (unpaired) electrons. The molecule has 0 saturated carbocycles. The van der Waals surface area contributed by atoms with Gasteiger partial charge in [-0.3, -0.25) is 4.79 Å². The van der Waals surface area contributed by atoms with Crippen LogP contribution in [0, 0.1) is 5.92 Å². The second-order valence-electron chi connectivity index (χ2n) is 6.32. The largest absolute Gasteiger partial charge is 0.497 e. The van der Waals surface area contributed by atoms with Gasteiger partial charge in [0.25, 0.3) is 0 Å². The predicted molar refractivity (Wildman–Crippen MR) is 98.9 cm³/mol. The Morgan fingerprint density at radius 2 is 1.65 bits per heavy atom. The molecule has 1 atom stereocenters. The highest BCUT2D eigenvalue weighted by molar-refractivity contribution is 6.01. The normalized spacial score (nSPS) is 15.8. The van der Waals surface area contributed by atoms with Gasteiger partial charge in [0.2, 0.25) is 5.75 Å². The van der Waals surface area contributed by atoms with Crippen molar-refractivity contribution in [3.8, 4) is 23.0 Å². The lowest BCUT2D eigenvalue weighted by molar-refractivity contribution is 0.0905. The maximum atomic E-state index is 13.2. The van der Waals surface area contributed by atoms with Gasteiger partial charge in [-0.25, -0.2) is 0 Å². The summed E-state index contributed by atoms with van der Waals surface area (Å²) in [4.78, 5) is 13.2. The van der Waals surface area contributed by atoms with Gasteiger partial charge in [0, 0.05) is 5.92 Å². The van der Waals surface area contributed by atoms with Gasteiger partial charge in [-0.2, -0.15) is 0 Å². The molecule has 2 aromatic rings. The van der Waals surface area contributed by atoms with E-state index < -0.39 is 0 Å². The number of Topliss-reactive ketones (excluding diaryl/α,β-unsaturated/α-hetero) is 1. The van der Waals surface area contributed by atoms with Crippen LogP contribution >= 0.6 is 0 Å². The number of carbonyl (C=O) groups is 1. The van der Waals surface area contributed by atoms with Gasteiger partial charge in [-0.1, -0.05) is 6.07 Å². The highest BCUT2D eigenvalue weighted by atomic mass is 16.5. The zero-order valence-corrected chi connectivity index (χ0v) is 15.6. The zero-order valence-electron chi connectivity index (χ0n) is 15.6. The summed E-state index contributed by atoms with van der Waals surface area (Å²) < 4.78 is 21.5. The van der Waals surface area contributed by atoms with E-state index in [-0.39, 0.29) is 11.7 Å². The quantitative estimate of drug-likeness (QED) is 0.739. The first-order valence-corrected chi connectivity index (χ1v) is 8.61. The van der Waals surface area contributed by atoms with E-state index in [1.807, 2.05) is 6.07 Å². The minimum absolute atomic E-state index is 0.0734. The molecular weight excluding hydrogens is 332 g/mol. The number of fused-ring (bicyclic) bond motifs is 1. The number of ketones is 1. The second kappa shape index (κ2) is 7.68. The summed E-state index contributed by atoms with van der Waals surface area (Å²) in [5.74, 6) is 2.27. The number of ether oxygens (including phenoxy) is 4. The van der Waals surface area contributed by atoms with E-state index in [1.165, 1.54) is 18.2 Å². The summed E-state index contributed by atoms with van der Waals surface area (Å²) in [7, 11) is 6.31. The molecule has 138 valence electrons. The number of benzene rings is 2. The van der Waals surface area contributed by atoms with E-state index >= 15 is 0 Å². The van der Waals surface area contributed by atoms with Crippen molar-refractivity contribution in [1.29, 1.82) is 0 Å². The molecule has 3 rings (SSSR count). The summed E-state index contributed by atoms with van der Waals surface area (Å²) in [6, 6.07) is 9.57. The molecule has 0 spiro atoms. The van der Waals surface area contributed by atoms with Crippen LogP contribution in [0.25, 0.3) is 0 Å². The molecule has 0 N–H and O–H groups in total. The van der Waals surface area contributed by atoms with Crippen LogP contribution in [0.4, 0.5) is 0 Å². The Hall–Kier alpha value is -2.69. The van der Waals surface area contributed by atoms with Crippen molar-refractivity contribution in [2.24, 2.45) is 5.92 Å². The molecule has 0 aromatic heterocycles. The molecule has 0 amide bonds. The Labute approximate surface area is 153 Å². The number of methoxy groups -OCH3 is 4. The molecule has 0 aliphatic heterocycles. The van der Waals surface area contributed by atoms with E-state index in [0.29, 0.717) is 22.8 Å². The topological polar surface area (TPSA) is 54.0 Å². The van der Waals surface area contributed by atoms with Crippen LogP contribution in [0.15, 0.2) is 30.3 Å². The predicted octanol–water partition coefficient (Wildman–Crippen LogP) is 3.71. The molecule has 1 aliphatic rings. The molecule has 0 heterocycles. The Kier molecular flexibility index (Phi) is 5.35. The fourth-order valence-electron chi connectivity index (χ4n) is 3.60. The number of hydrogen-bond donors (Lipinski definition) is 0. The minimum atomic E-state index is -0.0807. The Morgan fingerprint density at radius 1 is 0.885 bits per heavy atom. The number of aryl methyl sites for hydroxylation is 1. The van der Waals surface area contributed by atoms with Crippen molar-refractivity contribution in [2.75, 3.05) is 28.4 Å². The molecule has 5 nitrogen and oxygen atoms in total. The Balaban J connectivity index is 1.90. The monoisotopic (exact) mass is 356 g/mol. The van der Waals surface area contributed by atoms with Gasteiger partial charge in [-0.05, 0) is 54.7 Å². The van der Waals surface area contributed by atoms with E-state index in [4.69, 9.17) is 18.9 Å². The first-order valence-electron chi connectivity index (χ1n) is 8.61. The maximum Gasteiger partial charge on any atom is 0.204 e. The standard InChI is InChI=1S/C21H24O5/c1-23-16-8-7-13-11-15(6-5-14(13)12-16)19(22)17-9-10-18(24-2)21(26-4)20(17)25-3/h7-10,12,15H,5-6,11H2,1-4H3. The van der Waals surface area contributed by atoms with Gasteiger partial charge >= 0.3 is 0 Å². The minimum Gasteiger partial charge on any atom is -0.497 e. The second-order valence-corrected chi connectivity index (χ2v) is 6.32. The van der Waals surface area contributed by atoms with Gasteiger partial charge in [0.1, 0.15) is 5.75 Å². The summed E-state index contributed by atoms with van der Waals surface area (Å²) in [5, 5.41) is 0. The van der Waals surface area contributed by atoms with Crippen LogP contribution in [-0.4, -0.2) is 34.2 Å². The fourth-order valence-corrected chi connectivity index (χ4v) is 3.60. The van der Waals surface area contributed by atoms with Crippen molar-refractivity contribution in [3.63, 3.8) is 0 Å². The van der Waals surface area contributed by atoms with Crippen LogP contribution in [0.5, 0.6) is 23.0 Å². The van der Waals surface area contributed by atoms with E-state index in [1.54, 1.807) is 33.5 Å². The smallest absolute Gasteiger partial charge is 0.204 e. The van der Waals surface area contributed by atoms with Crippen molar-refractivity contribution in [1.82, 2.24) is 0 Å². The third-order valence-electron chi connectivity index (χ3n) is 4.98. The lowest BCUT2D eigenvalue weighted by atomic mass is 9.80. The van der Waals surface area contributed by atoms with Crippen LogP contribution in [0.1, 0.15) is 27.9 Å². The lowest BCUT2D eigenvalue weighted by Gasteiger charge is -2.25. The zero-order chi connectivity index (χ0) is 18.7. The van der Waals surface area contributed by atoms with Gasteiger partial charge in [0.05, 0.1) is 34.0 Å². The van der Waals surface area contributed by atoms with Crippen LogP contribution < -0.4 is 18.9 Å². The van der Waals surface area contributed by atoms with E-state index in [0.717, 1.165) is 25.0 Å². The average molecular weight is 356 g/mol. The molecule has 2 aromatic carbocycles. The molecule has 0 fully saturated rings. The third-order valence-corrected chi connectivity index (χ3v) is 4.98. The maximum absolute atomic E-state index is 13.2. The Bertz CT molecular complexity index is 812. The highest BCUT2D eigenvalue weighted by Crippen LogP contribution is 2.41. The van der Waals surface area contributed by atoms with E-state index in [9.17, 15) is 4.79 Å². The van der Waals surface area contributed by atoms with Crippen LogP contribution in [0.3, 0.4) is 0 Å². The number of hydrogen-bond acceptors (Lipinski definition) is 5. The lowest BCUT2D eigenvalue weighted by Crippen LogP contribution is -2.23. The average Bonchev–Trinajstić information content (AvgIpc) is 2.70. The summed E-state index contributed by atoms with van der Waals surface area (Å²) in [5.41, 5.74) is 3.00. The molecule has 1 aliphatic carbocycles. The number of carbonyl (C=O) groups excluding carboxylic acids is 1. The van der Waals surface area contributed by atoms with E-state index in [2.05, 4.69) is 12.1 Å². The third kappa shape index (κ3) is 3.21. The van der Waals surface area contributed by atoms with Crippen LogP contribution in [0.2, 0.25) is 0 Å². The van der Waals surface area contributed by atoms with Gasteiger partial charge in [-0.15, -0.1) is 0 Å². The Morgan fingerprint density at radius 3 is 2.31 bits per heavy atom. The van der Waals surface area contributed by atoms with Gasteiger partial charge < -0.3 is 18.9 Å². The number of rotatable bonds is 6. The summed E-state index contributed by atoms with van der Waals surface area (Å²) in [6.07, 6.45) is 2.38. The summed E-state index contributed by atoms with van der Waals surface area (Å²) in [6.45, 7) is 0. The molecular formula is C21H24O5. The van der Waals surface area contributed by atoms with Gasteiger partial charge in [0.15, 0.2) is 17.3 Å².